The molecule has 20 heavy (non-hydrogen) atoms. The lowest BCUT2D eigenvalue weighted by atomic mass is 9.99. The summed E-state index contributed by atoms with van der Waals surface area (Å²) in [6.07, 6.45) is 2.35. The first-order valence-electron chi connectivity index (χ1n) is 6.35. The molecule has 1 aliphatic heterocycles. The molecule has 0 aromatic carbocycles. The van der Waals surface area contributed by atoms with Gasteiger partial charge >= 0.3 is 12.0 Å². The molecular weight excluding hydrogens is 264 g/mol. The van der Waals surface area contributed by atoms with Gasteiger partial charge in [0.2, 0.25) is 0 Å². The zero-order valence-corrected chi connectivity index (χ0v) is 11.1. The molecule has 0 spiro atoms. The molecule has 7 heteroatoms. The average Bonchev–Trinajstić information content (AvgIpc) is 2.97. The summed E-state index contributed by atoms with van der Waals surface area (Å²) in [7, 11) is 0. The first-order valence-corrected chi connectivity index (χ1v) is 6.35. The number of carboxylic acids is 1. The highest BCUT2D eigenvalue weighted by Crippen LogP contribution is 2.29. The van der Waals surface area contributed by atoms with E-state index in [0.29, 0.717) is 18.6 Å². The van der Waals surface area contributed by atoms with Gasteiger partial charge in [0.05, 0.1) is 6.26 Å². The molecule has 0 aliphatic carbocycles. The van der Waals surface area contributed by atoms with Crippen molar-refractivity contribution in [3.8, 4) is 0 Å². The third-order valence-electron chi connectivity index (χ3n) is 3.31. The first kappa shape index (κ1) is 14.1. The second-order valence-corrected chi connectivity index (χ2v) is 4.84. The third kappa shape index (κ3) is 2.52. The minimum absolute atomic E-state index is 0.0269. The number of carbonyl (C=O) groups excluding carboxylic acids is 2. The summed E-state index contributed by atoms with van der Waals surface area (Å²) in [5, 5.41) is 11.2. The number of aliphatic carboxylic acids is 1. The Balaban J connectivity index is 2.00. The first-order chi connectivity index (χ1) is 9.45. The van der Waals surface area contributed by atoms with E-state index in [-0.39, 0.29) is 18.9 Å². The van der Waals surface area contributed by atoms with Gasteiger partial charge in [-0.25, -0.2) is 4.79 Å². The Labute approximate surface area is 115 Å². The topological polar surface area (TPSA) is 99.8 Å². The van der Waals surface area contributed by atoms with Gasteiger partial charge in [-0.05, 0) is 31.9 Å². The maximum Gasteiger partial charge on any atom is 0.325 e. The van der Waals surface area contributed by atoms with Crippen LogP contribution in [0.1, 0.15) is 31.9 Å². The van der Waals surface area contributed by atoms with Crippen molar-refractivity contribution < 1.29 is 23.9 Å². The molecule has 2 heterocycles. The van der Waals surface area contributed by atoms with Gasteiger partial charge in [-0.3, -0.25) is 14.5 Å². The zero-order valence-electron chi connectivity index (χ0n) is 11.1. The molecule has 1 aliphatic rings. The van der Waals surface area contributed by atoms with Gasteiger partial charge in [0, 0.05) is 13.0 Å². The molecule has 2 rings (SSSR count). The van der Waals surface area contributed by atoms with Crippen molar-refractivity contribution in [3.05, 3.63) is 24.2 Å². The molecular formula is C13H16N2O5. The lowest BCUT2D eigenvalue weighted by Gasteiger charge is -2.18. The van der Waals surface area contributed by atoms with Crippen molar-refractivity contribution in [2.75, 3.05) is 6.54 Å². The molecule has 1 aromatic heterocycles. The Morgan fingerprint density at radius 2 is 2.20 bits per heavy atom. The van der Waals surface area contributed by atoms with Crippen molar-refractivity contribution in [2.24, 2.45) is 0 Å². The SMILES string of the molecule is CC1(c2ccco2)NC(=O)N(CCCCC(=O)O)C1=O. The van der Waals surface area contributed by atoms with E-state index in [0.717, 1.165) is 4.90 Å². The summed E-state index contributed by atoms with van der Waals surface area (Å²) in [6, 6.07) is 2.80. The number of rotatable bonds is 6. The standard InChI is InChI=1S/C13H16N2O5/c1-13(9-5-4-8-20-9)11(18)15(12(19)14-13)7-3-2-6-10(16)17/h4-5,8H,2-3,6-7H2,1H3,(H,14,19)(H,16,17). The summed E-state index contributed by atoms with van der Waals surface area (Å²) in [5.41, 5.74) is -1.19. The molecule has 1 aromatic rings. The van der Waals surface area contributed by atoms with Crippen LogP contribution in [0.15, 0.2) is 22.8 Å². The zero-order chi connectivity index (χ0) is 14.8. The monoisotopic (exact) mass is 280 g/mol. The van der Waals surface area contributed by atoms with Gasteiger partial charge in [0.25, 0.3) is 5.91 Å². The molecule has 1 fully saturated rings. The number of urea groups is 1. The van der Waals surface area contributed by atoms with Crippen molar-refractivity contribution in [1.29, 1.82) is 0 Å². The van der Waals surface area contributed by atoms with E-state index in [1.165, 1.54) is 6.26 Å². The Morgan fingerprint density at radius 3 is 2.80 bits per heavy atom. The van der Waals surface area contributed by atoms with Gasteiger partial charge in [0.1, 0.15) is 5.76 Å². The lowest BCUT2D eigenvalue weighted by Crippen LogP contribution is -2.40. The van der Waals surface area contributed by atoms with Crippen LogP contribution >= 0.6 is 0 Å². The Morgan fingerprint density at radius 1 is 1.45 bits per heavy atom. The van der Waals surface area contributed by atoms with Crippen molar-refractivity contribution in [1.82, 2.24) is 10.2 Å². The Bertz CT molecular complexity index is 525. The van der Waals surface area contributed by atoms with Crippen LogP contribution in [0.25, 0.3) is 0 Å². The number of carboxylic acid groups (broad SMARTS) is 1. The normalized spacial score (nSPS) is 22.1. The average molecular weight is 280 g/mol. The van der Waals surface area contributed by atoms with Crippen molar-refractivity contribution in [2.45, 2.75) is 31.7 Å². The summed E-state index contributed by atoms with van der Waals surface area (Å²) in [5.74, 6) is -0.890. The molecule has 108 valence electrons. The maximum absolute atomic E-state index is 12.3. The third-order valence-corrected chi connectivity index (χ3v) is 3.31. The van der Waals surface area contributed by atoms with Gasteiger partial charge in [0.15, 0.2) is 5.54 Å². The van der Waals surface area contributed by atoms with Gasteiger partial charge in [-0.1, -0.05) is 0 Å². The predicted molar refractivity (Wildman–Crippen MR) is 67.8 cm³/mol. The van der Waals surface area contributed by atoms with E-state index in [4.69, 9.17) is 9.52 Å². The largest absolute Gasteiger partial charge is 0.481 e. The smallest absolute Gasteiger partial charge is 0.325 e. The van der Waals surface area contributed by atoms with E-state index < -0.39 is 17.5 Å². The fourth-order valence-corrected chi connectivity index (χ4v) is 2.18. The van der Waals surface area contributed by atoms with Gasteiger partial charge in [-0.2, -0.15) is 0 Å². The second-order valence-electron chi connectivity index (χ2n) is 4.84. The number of unbranched alkanes of at least 4 members (excludes halogenated alkanes) is 1. The van der Waals surface area contributed by atoms with E-state index >= 15 is 0 Å². The fourth-order valence-electron chi connectivity index (χ4n) is 2.18. The number of hydrogen-bond donors (Lipinski definition) is 2. The summed E-state index contributed by atoms with van der Waals surface area (Å²) < 4.78 is 5.20. The van der Waals surface area contributed by atoms with Crippen LogP contribution in [0.5, 0.6) is 0 Å². The molecule has 0 bridgehead atoms. The van der Waals surface area contributed by atoms with E-state index in [9.17, 15) is 14.4 Å². The molecule has 2 N–H and O–H groups in total. The molecule has 1 unspecified atom stereocenters. The Hall–Kier alpha value is -2.31. The molecule has 0 radical (unpaired) electrons. The van der Waals surface area contributed by atoms with Crippen LogP contribution in [0, 0.1) is 0 Å². The summed E-state index contributed by atoms with van der Waals surface area (Å²) >= 11 is 0. The summed E-state index contributed by atoms with van der Waals surface area (Å²) in [6.45, 7) is 1.79. The van der Waals surface area contributed by atoms with Gasteiger partial charge in [-0.15, -0.1) is 0 Å². The van der Waals surface area contributed by atoms with Crippen LogP contribution in [0.4, 0.5) is 4.79 Å². The number of hydrogen-bond acceptors (Lipinski definition) is 4. The fraction of sp³-hybridized carbons (Fsp3) is 0.462. The molecule has 1 atom stereocenters. The van der Waals surface area contributed by atoms with E-state index in [2.05, 4.69) is 5.32 Å². The minimum Gasteiger partial charge on any atom is -0.481 e. The number of furan rings is 1. The lowest BCUT2D eigenvalue weighted by molar-refractivity contribution is -0.137. The van der Waals surface area contributed by atoms with Gasteiger partial charge < -0.3 is 14.8 Å². The van der Waals surface area contributed by atoms with Crippen LogP contribution in [0.2, 0.25) is 0 Å². The molecule has 3 amide bonds. The molecule has 7 nitrogen and oxygen atoms in total. The number of nitrogens with one attached hydrogen (secondary N) is 1. The minimum atomic E-state index is -1.19. The van der Waals surface area contributed by atoms with Crippen molar-refractivity contribution >= 4 is 17.9 Å². The number of nitrogens with zero attached hydrogens (tertiary/aromatic N) is 1. The molecule has 0 saturated carbocycles. The predicted octanol–water partition coefficient (Wildman–Crippen LogP) is 1.30. The Kier molecular flexibility index (Phi) is 3.78. The van der Waals surface area contributed by atoms with Crippen LogP contribution in [-0.4, -0.2) is 34.5 Å². The number of amides is 3. The highest BCUT2D eigenvalue weighted by Gasteiger charge is 2.50. The van der Waals surface area contributed by atoms with Crippen LogP contribution in [-0.2, 0) is 15.1 Å². The highest BCUT2D eigenvalue weighted by atomic mass is 16.4. The summed E-state index contributed by atoms with van der Waals surface area (Å²) in [4.78, 5) is 35.7. The maximum atomic E-state index is 12.3. The van der Waals surface area contributed by atoms with E-state index in [1.807, 2.05) is 0 Å². The van der Waals surface area contributed by atoms with Crippen molar-refractivity contribution in [3.63, 3.8) is 0 Å². The van der Waals surface area contributed by atoms with Crippen LogP contribution in [0.3, 0.4) is 0 Å². The number of imide groups is 1. The quantitative estimate of drug-likeness (QED) is 0.604. The molecule has 1 saturated heterocycles. The van der Waals surface area contributed by atoms with E-state index in [1.54, 1.807) is 19.1 Å². The van der Waals surface area contributed by atoms with Crippen LogP contribution < -0.4 is 5.32 Å². The second kappa shape index (κ2) is 5.36. The highest BCUT2D eigenvalue weighted by molar-refractivity contribution is 6.06. The number of carbonyl (C=O) groups is 3.